The molecule has 0 aromatic heterocycles. The van der Waals surface area contributed by atoms with Gasteiger partial charge >= 0.3 is 0 Å². The molecule has 2 fully saturated rings. The molecule has 0 bridgehead atoms. The number of hydrogen-bond acceptors (Lipinski definition) is 8. The molecular formula is C22H31N3O7. The van der Waals surface area contributed by atoms with Gasteiger partial charge in [-0.3, -0.25) is 9.59 Å². The molecule has 0 radical (unpaired) electrons. The number of benzene rings is 1. The highest BCUT2D eigenvalue weighted by molar-refractivity contribution is 5.94. The Morgan fingerprint density at radius 1 is 0.938 bits per heavy atom. The minimum Gasteiger partial charge on any atom is -0.391 e. The van der Waals surface area contributed by atoms with Gasteiger partial charge in [-0.2, -0.15) is 0 Å². The molecule has 2 saturated heterocycles. The maximum atomic E-state index is 12.4. The second-order valence-corrected chi connectivity index (χ2v) is 8.49. The van der Waals surface area contributed by atoms with E-state index in [-0.39, 0.29) is 44.7 Å². The van der Waals surface area contributed by atoms with Gasteiger partial charge in [-0.25, -0.2) is 0 Å². The first-order chi connectivity index (χ1) is 15.1. The Morgan fingerprint density at radius 3 is 1.88 bits per heavy atom. The smallest absolute Gasteiger partial charge is 0.252 e. The van der Waals surface area contributed by atoms with Crippen LogP contribution in [0.5, 0.6) is 0 Å². The van der Waals surface area contributed by atoms with Crippen molar-refractivity contribution in [2.75, 3.05) is 26.3 Å². The highest BCUT2D eigenvalue weighted by Crippen LogP contribution is 2.23. The molecule has 176 valence electrons. The zero-order valence-corrected chi connectivity index (χ0v) is 18.9. The summed E-state index contributed by atoms with van der Waals surface area (Å²) in [6.45, 7) is 7.72. The summed E-state index contributed by atoms with van der Waals surface area (Å²) in [6, 6.07) is 9.55. The van der Waals surface area contributed by atoms with Crippen molar-refractivity contribution >= 4 is 17.5 Å². The van der Waals surface area contributed by atoms with Gasteiger partial charge in [0.2, 0.25) is 0 Å². The van der Waals surface area contributed by atoms with E-state index in [1.54, 1.807) is 27.7 Å². The van der Waals surface area contributed by atoms with Crippen LogP contribution in [0.4, 0.5) is 0 Å². The van der Waals surface area contributed by atoms with E-state index >= 15 is 0 Å². The molecule has 0 spiro atoms. The van der Waals surface area contributed by atoms with Crippen molar-refractivity contribution < 1.29 is 33.4 Å². The van der Waals surface area contributed by atoms with Crippen molar-refractivity contribution in [2.45, 2.75) is 58.1 Å². The lowest BCUT2D eigenvalue weighted by Crippen LogP contribution is -2.44. The number of oxime groups is 1. The lowest BCUT2D eigenvalue weighted by Gasteiger charge is -2.17. The second-order valence-electron chi connectivity index (χ2n) is 8.49. The predicted molar refractivity (Wildman–Crippen MR) is 114 cm³/mol. The molecule has 32 heavy (non-hydrogen) atoms. The SMILES string of the molecule is CC1(C)OC[C@H](C(=O)NCC(CNC(=O)[C@H]2COC(C)(C)O2)=NOCc2ccccc2)O1. The van der Waals surface area contributed by atoms with Crippen molar-refractivity contribution in [1.82, 2.24) is 10.6 Å². The van der Waals surface area contributed by atoms with Crippen molar-refractivity contribution in [3.05, 3.63) is 35.9 Å². The van der Waals surface area contributed by atoms with Crippen LogP contribution in [0, 0.1) is 0 Å². The maximum Gasteiger partial charge on any atom is 0.252 e. The van der Waals surface area contributed by atoms with Crippen molar-refractivity contribution in [3.8, 4) is 0 Å². The average Bonchev–Trinajstić information content (AvgIpc) is 3.31. The summed E-state index contributed by atoms with van der Waals surface area (Å²) in [6.07, 6.45) is -1.42. The van der Waals surface area contributed by atoms with Crippen molar-refractivity contribution in [3.63, 3.8) is 0 Å². The highest BCUT2D eigenvalue weighted by Gasteiger charge is 2.38. The molecule has 2 amide bonds. The quantitative estimate of drug-likeness (QED) is 0.428. The molecule has 0 saturated carbocycles. The Bertz CT molecular complexity index is 782. The van der Waals surface area contributed by atoms with Crippen LogP contribution in [0.25, 0.3) is 0 Å². The molecule has 2 atom stereocenters. The van der Waals surface area contributed by atoms with E-state index in [1.165, 1.54) is 0 Å². The van der Waals surface area contributed by atoms with E-state index in [0.29, 0.717) is 5.71 Å². The Kier molecular flexibility index (Phi) is 7.83. The molecule has 1 aromatic carbocycles. The average molecular weight is 450 g/mol. The van der Waals surface area contributed by atoms with Gasteiger partial charge in [-0.15, -0.1) is 0 Å². The normalized spacial score (nSPS) is 23.4. The van der Waals surface area contributed by atoms with Gasteiger partial charge in [0, 0.05) is 0 Å². The zero-order valence-electron chi connectivity index (χ0n) is 18.9. The highest BCUT2D eigenvalue weighted by atomic mass is 16.7. The fraction of sp³-hybridized carbons (Fsp3) is 0.591. The maximum absolute atomic E-state index is 12.4. The number of nitrogens with zero attached hydrogens (tertiary/aromatic N) is 1. The van der Waals surface area contributed by atoms with Gasteiger partial charge in [0.15, 0.2) is 23.8 Å². The van der Waals surface area contributed by atoms with Crippen LogP contribution in [0.2, 0.25) is 0 Å². The zero-order chi connectivity index (χ0) is 23.2. The summed E-state index contributed by atoms with van der Waals surface area (Å²) in [7, 11) is 0. The summed E-state index contributed by atoms with van der Waals surface area (Å²) in [5.74, 6) is -2.26. The number of rotatable bonds is 9. The monoisotopic (exact) mass is 449 g/mol. The topological polar surface area (TPSA) is 117 Å². The van der Waals surface area contributed by atoms with Gasteiger partial charge in [-0.05, 0) is 33.3 Å². The van der Waals surface area contributed by atoms with Crippen LogP contribution in [0.3, 0.4) is 0 Å². The minimum absolute atomic E-state index is 0.0711. The van der Waals surface area contributed by atoms with Gasteiger partial charge in [0.25, 0.3) is 11.8 Å². The van der Waals surface area contributed by atoms with Gasteiger partial charge in [-0.1, -0.05) is 35.5 Å². The molecule has 0 aliphatic carbocycles. The van der Waals surface area contributed by atoms with E-state index in [1.807, 2.05) is 30.3 Å². The Labute approximate surface area is 187 Å². The Morgan fingerprint density at radius 2 is 1.44 bits per heavy atom. The van der Waals surface area contributed by atoms with Crippen LogP contribution in [-0.2, 0) is 40.0 Å². The summed E-state index contributed by atoms with van der Waals surface area (Å²) in [5.41, 5.74) is 1.38. The molecule has 10 nitrogen and oxygen atoms in total. The van der Waals surface area contributed by atoms with Crippen molar-refractivity contribution in [2.24, 2.45) is 5.16 Å². The lowest BCUT2D eigenvalue weighted by atomic mass is 10.2. The summed E-state index contributed by atoms with van der Waals surface area (Å²) in [4.78, 5) is 30.3. The minimum atomic E-state index is -0.803. The van der Waals surface area contributed by atoms with Crippen LogP contribution in [0.1, 0.15) is 33.3 Å². The van der Waals surface area contributed by atoms with Gasteiger partial charge in [0.05, 0.1) is 32.0 Å². The number of amides is 2. The fourth-order valence-electron chi connectivity index (χ4n) is 3.14. The first-order valence-electron chi connectivity index (χ1n) is 10.5. The fourth-order valence-corrected chi connectivity index (χ4v) is 3.14. The molecule has 2 aliphatic heterocycles. The number of carbonyl (C=O) groups excluding carboxylic acids is 2. The lowest BCUT2D eigenvalue weighted by molar-refractivity contribution is -0.153. The van der Waals surface area contributed by atoms with E-state index < -0.39 is 23.8 Å². The standard InChI is InChI=1S/C22H31N3O7/c1-21(2)28-13-17(31-21)19(26)23-10-16(25-30-12-15-8-6-5-7-9-15)11-24-20(27)18-14-29-22(3,4)32-18/h5-9,17-18H,10-14H2,1-4H3,(H,23,26)(H,24,27)/t17-,18-/m1/s1. The Balaban J connectivity index is 1.54. The molecular weight excluding hydrogens is 418 g/mol. The first kappa shape index (κ1) is 24.1. The van der Waals surface area contributed by atoms with Gasteiger partial charge < -0.3 is 34.4 Å². The largest absolute Gasteiger partial charge is 0.391 e. The molecule has 3 rings (SSSR count). The van der Waals surface area contributed by atoms with Crippen LogP contribution >= 0.6 is 0 Å². The molecule has 0 unspecified atom stereocenters. The number of ether oxygens (including phenoxy) is 4. The third-order valence-corrected chi connectivity index (χ3v) is 4.80. The van der Waals surface area contributed by atoms with Crippen LogP contribution in [0.15, 0.2) is 35.5 Å². The first-order valence-corrected chi connectivity index (χ1v) is 10.5. The second kappa shape index (κ2) is 10.4. The third-order valence-electron chi connectivity index (χ3n) is 4.80. The summed E-state index contributed by atoms with van der Waals surface area (Å²) < 4.78 is 22.0. The predicted octanol–water partition coefficient (Wildman–Crippen LogP) is 1.09. The third kappa shape index (κ3) is 7.27. The van der Waals surface area contributed by atoms with Crippen LogP contribution in [-0.4, -0.2) is 67.6 Å². The molecule has 2 N–H and O–H groups in total. The summed E-state index contributed by atoms with van der Waals surface area (Å²) >= 11 is 0. The van der Waals surface area contributed by atoms with Crippen molar-refractivity contribution in [1.29, 1.82) is 0 Å². The van der Waals surface area contributed by atoms with E-state index in [2.05, 4.69) is 15.8 Å². The van der Waals surface area contributed by atoms with E-state index in [0.717, 1.165) is 5.56 Å². The molecule has 2 heterocycles. The number of hydrogen-bond donors (Lipinski definition) is 2. The number of nitrogens with one attached hydrogen (secondary N) is 2. The molecule has 10 heteroatoms. The summed E-state index contributed by atoms with van der Waals surface area (Å²) in [5, 5.41) is 9.63. The Hall–Kier alpha value is -2.53. The van der Waals surface area contributed by atoms with Gasteiger partial charge in [0.1, 0.15) is 6.61 Å². The molecule has 1 aromatic rings. The number of carbonyl (C=O) groups is 2. The van der Waals surface area contributed by atoms with Crippen LogP contribution < -0.4 is 10.6 Å². The molecule has 2 aliphatic rings. The van der Waals surface area contributed by atoms with E-state index in [9.17, 15) is 9.59 Å². The van der Waals surface area contributed by atoms with E-state index in [4.69, 9.17) is 23.8 Å².